The van der Waals surface area contributed by atoms with Gasteiger partial charge < -0.3 is 9.47 Å². The van der Waals surface area contributed by atoms with E-state index >= 15 is 0 Å². The smallest absolute Gasteiger partial charge is 0.347 e. The molecule has 2 atom stereocenters. The summed E-state index contributed by atoms with van der Waals surface area (Å²) in [5.74, 6) is -0.692. The summed E-state index contributed by atoms with van der Waals surface area (Å²) in [7, 11) is 0. The standard InChI is InChI=1S/C21H21NO5/c1-4-13(2)26-21(25)14(3)27-16-11-9-15(10-12-16)22-19(23)17-7-5-6-8-18(17)20(22)24/h5-14H,4H2,1-3H3/t13-,14-/m1/s1. The summed E-state index contributed by atoms with van der Waals surface area (Å²) in [6, 6.07) is 13.2. The maximum absolute atomic E-state index is 12.5. The van der Waals surface area contributed by atoms with Gasteiger partial charge in [-0.1, -0.05) is 19.1 Å². The molecule has 1 heterocycles. The van der Waals surface area contributed by atoms with Crippen molar-refractivity contribution in [3.8, 4) is 5.75 Å². The number of benzene rings is 2. The molecule has 3 rings (SSSR count). The van der Waals surface area contributed by atoms with Crippen LogP contribution >= 0.6 is 0 Å². The van der Waals surface area contributed by atoms with E-state index in [2.05, 4.69) is 0 Å². The SMILES string of the molecule is CC[C@@H](C)OC(=O)[C@@H](C)Oc1ccc(N2C(=O)c3ccccc3C2=O)cc1. The molecule has 0 saturated carbocycles. The summed E-state index contributed by atoms with van der Waals surface area (Å²) in [6.07, 6.45) is -0.197. The Labute approximate surface area is 157 Å². The molecule has 2 aromatic carbocycles. The van der Waals surface area contributed by atoms with Crippen molar-refractivity contribution < 1.29 is 23.9 Å². The molecule has 0 fully saturated rings. The number of hydrogen-bond acceptors (Lipinski definition) is 5. The number of amides is 2. The summed E-state index contributed by atoms with van der Waals surface area (Å²) < 4.78 is 10.8. The Balaban J connectivity index is 1.70. The fourth-order valence-electron chi connectivity index (χ4n) is 2.73. The first-order valence-corrected chi connectivity index (χ1v) is 8.87. The van der Waals surface area contributed by atoms with Gasteiger partial charge in [0.25, 0.3) is 11.8 Å². The molecule has 0 saturated heterocycles. The van der Waals surface area contributed by atoms with Crippen molar-refractivity contribution in [1.29, 1.82) is 0 Å². The lowest BCUT2D eigenvalue weighted by atomic mass is 10.1. The van der Waals surface area contributed by atoms with Gasteiger partial charge in [0.1, 0.15) is 5.75 Å². The first kappa shape index (κ1) is 18.6. The topological polar surface area (TPSA) is 72.9 Å². The van der Waals surface area contributed by atoms with Gasteiger partial charge in [0.05, 0.1) is 22.9 Å². The van der Waals surface area contributed by atoms with Crippen molar-refractivity contribution in [2.24, 2.45) is 0 Å². The Bertz CT molecular complexity index is 839. The number of fused-ring (bicyclic) bond motifs is 1. The molecule has 6 nitrogen and oxygen atoms in total. The van der Waals surface area contributed by atoms with Crippen molar-refractivity contribution in [2.75, 3.05) is 4.90 Å². The quantitative estimate of drug-likeness (QED) is 0.576. The van der Waals surface area contributed by atoms with Crippen LogP contribution in [0.3, 0.4) is 0 Å². The molecule has 6 heteroatoms. The van der Waals surface area contributed by atoms with Gasteiger partial charge in [-0.2, -0.15) is 0 Å². The molecule has 140 valence electrons. The molecule has 1 aliphatic rings. The van der Waals surface area contributed by atoms with Crippen LogP contribution in [0.4, 0.5) is 5.69 Å². The Morgan fingerprint density at radius 1 is 0.963 bits per heavy atom. The van der Waals surface area contributed by atoms with Gasteiger partial charge in [-0.15, -0.1) is 0 Å². The normalized spacial score (nSPS) is 15.3. The highest BCUT2D eigenvalue weighted by atomic mass is 16.6. The lowest BCUT2D eigenvalue weighted by Crippen LogP contribution is -2.30. The van der Waals surface area contributed by atoms with E-state index < -0.39 is 12.1 Å². The third-order valence-corrected chi connectivity index (χ3v) is 4.43. The number of rotatable bonds is 6. The molecule has 1 aliphatic heterocycles. The van der Waals surface area contributed by atoms with Gasteiger partial charge in [-0.05, 0) is 56.7 Å². The van der Waals surface area contributed by atoms with Crippen LogP contribution in [0.25, 0.3) is 0 Å². The Hall–Kier alpha value is -3.15. The number of nitrogens with zero attached hydrogens (tertiary/aromatic N) is 1. The molecular weight excluding hydrogens is 346 g/mol. The van der Waals surface area contributed by atoms with E-state index in [0.29, 0.717) is 22.6 Å². The van der Waals surface area contributed by atoms with Crippen LogP contribution in [0.15, 0.2) is 48.5 Å². The van der Waals surface area contributed by atoms with Gasteiger partial charge in [-0.3, -0.25) is 9.59 Å². The van der Waals surface area contributed by atoms with Gasteiger partial charge in [0, 0.05) is 0 Å². The first-order chi connectivity index (χ1) is 12.9. The maximum Gasteiger partial charge on any atom is 0.347 e. The zero-order valence-corrected chi connectivity index (χ0v) is 15.5. The van der Waals surface area contributed by atoms with Crippen molar-refractivity contribution in [1.82, 2.24) is 0 Å². The van der Waals surface area contributed by atoms with Crippen LogP contribution in [-0.4, -0.2) is 30.0 Å². The van der Waals surface area contributed by atoms with E-state index in [1.807, 2.05) is 13.8 Å². The number of esters is 1. The second-order valence-corrected chi connectivity index (χ2v) is 6.40. The van der Waals surface area contributed by atoms with E-state index in [9.17, 15) is 14.4 Å². The Morgan fingerprint density at radius 2 is 1.52 bits per heavy atom. The number of ether oxygens (including phenoxy) is 2. The number of carbonyl (C=O) groups is 3. The van der Waals surface area contributed by atoms with E-state index in [1.54, 1.807) is 55.5 Å². The van der Waals surface area contributed by atoms with E-state index in [-0.39, 0.29) is 17.9 Å². The predicted octanol–water partition coefficient (Wildman–Crippen LogP) is 3.60. The van der Waals surface area contributed by atoms with Gasteiger partial charge in [-0.25, -0.2) is 9.69 Å². The number of imide groups is 1. The van der Waals surface area contributed by atoms with Gasteiger partial charge in [0.2, 0.25) is 0 Å². The molecule has 2 amide bonds. The molecule has 0 unspecified atom stereocenters. The van der Waals surface area contributed by atoms with Gasteiger partial charge in [0.15, 0.2) is 6.10 Å². The molecular formula is C21H21NO5. The zero-order valence-electron chi connectivity index (χ0n) is 15.5. The summed E-state index contributed by atoms with van der Waals surface area (Å²) in [5.41, 5.74) is 1.23. The van der Waals surface area contributed by atoms with E-state index in [1.165, 1.54) is 0 Å². The Morgan fingerprint density at radius 3 is 2.04 bits per heavy atom. The minimum atomic E-state index is -0.760. The molecule has 0 radical (unpaired) electrons. The molecule has 0 N–H and O–H groups in total. The van der Waals surface area contributed by atoms with E-state index in [4.69, 9.17) is 9.47 Å². The van der Waals surface area contributed by atoms with Crippen LogP contribution in [0.5, 0.6) is 5.75 Å². The molecule has 2 aromatic rings. The van der Waals surface area contributed by atoms with Crippen LogP contribution in [0.1, 0.15) is 47.9 Å². The second kappa shape index (κ2) is 7.61. The zero-order chi connectivity index (χ0) is 19.6. The average molecular weight is 367 g/mol. The molecule has 0 bridgehead atoms. The monoisotopic (exact) mass is 367 g/mol. The molecule has 0 spiro atoms. The van der Waals surface area contributed by atoms with Gasteiger partial charge >= 0.3 is 5.97 Å². The summed E-state index contributed by atoms with van der Waals surface area (Å²) in [5, 5.41) is 0. The fraction of sp³-hybridized carbons (Fsp3) is 0.286. The third kappa shape index (κ3) is 3.69. The minimum Gasteiger partial charge on any atom is -0.479 e. The van der Waals surface area contributed by atoms with Crippen molar-refractivity contribution in [2.45, 2.75) is 39.4 Å². The highest BCUT2D eigenvalue weighted by Crippen LogP contribution is 2.29. The van der Waals surface area contributed by atoms with Crippen molar-refractivity contribution in [3.05, 3.63) is 59.7 Å². The third-order valence-electron chi connectivity index (χ3n) is 4.43. The first-order valence-electron chi connectivity index (χ1n) is 8.87. The largest absolute Gasteiger partial charge is 0.479 e. The number of hydrogen-bond donors (Lipinski definition) is 0. The Kier molecular flexibility index (Phi) is 5.26. The lowest BCUT2D eigenvalue weighted by Gasteiger charge is -2.18. The van der Waals surface area contributed by atoms with Crippen LogP contribution in [0, 0.1) is 0 Å². The predicted molar refractivity (Wildman–Crippen MR) is 100.0 cm³/mol. The maximum atomic E-state index is 12.5. The highest BCUT2D eigenvalue weighted by Gasteiger charge is 2.36. The van der Waals surface area contributed by atoms with Crippen LogP contribution < -0.4 is 9.64 Å². The number of carbonyl (C=O) groups excluding carboxylic acids is 3. The summed E-state index contributed by atoms with van der Waals surface area (Å²) in [6.45, 7) is 5.37. The average Bonchev–Trinajstić information content (AvgIpc) is 2.93. The number of anilines is 1. The second-order valence-electron chi connectivity index (χ2n) is 6.40. The minimum absolute atomic E-state index is 0.167. The van der Waals surface area contributed by atoms with Crippen molar-refractivity contribution >= 4 is 23.5 Å². The van der Waals surface area contributed by atoms with Crippen LogP contribution in [-0.2, 0) is 9.53 Å². The summed E-state index contributed by atoms with van der Waals surface area (Å²) >= 11 is 0. The summed E-state index contributed by atoms with van der Waals surface area (Å²) in [4.78, 5) is 38.1. The van der Waals surface area contributed by atoms with E-state index in [0.717, 1.165) is 11.3 Å². The van der Waals surface area contributed by atoms with Crippen molar-refractivity contribution in [3.63, 3.8) is 0 Å². The molecule has 0 aliphatic carbocycles. The van der Waals surface area contributed by atoms with Crippen LogP contribution in [0.2, 0.25) is 0 Å². The molecule has 27 heavy (non-hydrogen) atoms. The fourth-order valence-corrected chi connectivity index (χ4v) is 2.73. The molecule has 0 aromatic heterocycles. The highest BCUT2D eigenvalue weighted by molar-refractivity contribution is 6.34. The lowest BCUT2D eigenvalue weighted by molar-refractivity contribution is -0.155.